The summed E-state index contributed by atoms with van der Waals surface area (Å²) in [6, 6.07) is 11.5. The molecule has 1 aromatic heterocycles. The van der Waals surface area contributed by atoms with Crippen LogP contribution in [0, 0.1) is 0 Å². The van der Waals surface area contributed by atoms with E-state index < -0.39 is 0 Å². The standard InChI is InChI=1S/C18H25N5/c1-7-20-23(9-1)17-4-2-16(3-5-17)15-21-10-12-22(13-11-21)18-6-8-19-14-18/h1-5,7,9,18-19H,6,8,10-15H2. The summed E-state index contributed by atoms with van der Waals surface area (Å²) >= 11 is 0. The van der Waals surface area contributed by atoms with Gasteiger partial charge in [-0.3, -0.25) is 9.80 Å². The van der Waals surface area contributed by atoms with Crippen molar-refractivity contribution in [2.45, 2.75) is 19.0 Å². The Morgan fingerprint density at radius 1 is 1.09 bits per heavy atom. The van der Waals surface area contributed by atoms with Crippen molar-refractivity contribution >= 4 is 0 Å². The minimum atomic E-state index is 0.769. The molecule has 23 heavy (non-hydrogen) atoms. The summed E-state index contributed by atoms with van der Waals surface area (Å²) in [5.41, 5.74) is 2.51. The van der Waals surface area contributed by atoms with Gasteiger partial charge in [-0.2, -0.15) is 5.10 Å². The molecule has 0 spiro atoms. The summed E-state index contributed by atoms with van der Waals surface area (Å²) in [7, 11) is 0. The molecular weight excluding hydrogens is 286 g/mol. The van der Waals surface area contributed by atoms with Crippen LogP contribution in [0.5, 0.6) is 0 Å². The summed E-state index contributed by atoms with van der Waals surface area (Å²) in [5, 5.41) is 7.75. The fourth-order valence-corrected chi connectivity index (χ4v) is 3.67. The molecule has 2 aromatic rings. The first-order chi connectivity index (χ1) is 11.4. The Labute approximate surface area is 137 Å². The van der Waals surface area contributed by atoms with E-state index in [1.807, 2.05) is 23.1 Å². The minimum absolute atomic E-state index is 0.769. The van der Waals surface area contributed by atoms with Crippen LogP contribution in [0.3, 0.4) is 0 Å². The lowest BCUT2D eigenvalue weighted by atomic mass is 10.1. The molecule has 4 rings (SSSR count). The van der Waals surface area contributed by atoms with E-state index in [4.69, 9.17) is 0 Å². The van der Waals surface area contributed by atoms with Gasteiger partial charge >= 0.3 is 0 Å². The molecule has 2 saturated heterocycles. The van der Waals surface area contributed by atoms with Gasteiger partial charge in [0.05, 0.1) is 5.69 Å². The van der Waals surface area contributed by atoms with Crippen LogP contribution in [0.1, 0.15) is 12.0 Å². The highest BCUT2D eigenvalue weighted by atomic mass is 15.3. The van der Waals surface area contributed by atoms with Crippen LogP contribution in [0.2, 0.25) is 0 Å². The zero-order chi connectivity index (χ0) is 15.5. The first kappa shape index (κ1) is 14.9. The van der Waals surface area contributed by atoms with Gasteiger partial charge in [-0.25, -0.2) is 4.68 Å². The van der Waals surface area contributed by atoms with Crippen molar-refractivity contribution in [3.63, 3.8) is 0 Å². The van der Waals surface area contributed by atoms with Gasteiger partial charge in [0.2, 0.25) is 0 Å². The molecule has 2 aliphatic rings. The van der Waals surface area contributed by atoms with Crippen LogP contribution in [-0.2, 0) is 6.54 Å². The number of hydrogen-bond acceptors (Lipinski definition) is 4. The maximum atomic E-state index is 4.27. The lowest BCUT2D eigenvalue weighted by Crippen LogP contribution is -2.50. The number of piperazine rings is 1. The number of aromatic nitrogens is 2. The lowest BCUT2D eigenvalue weighted by molar-refractivity contribution is 0.0981. The molecule has 3 heterocycles. The first-order valence-corrected chi connectivity index (χ1v) is 8.64. The number of nitrogens with one attached hydrogen (secondary N) is 1. The molecule has 122 valence electrons. The Morgan fingerprint density at radius 3 is 2.57 bits per heavy atom. The Balaban J connectivity index is 1.31. The highest BCUT2D eigenvalue weighted by Gasteiger charge is 2.25. The smallest absolute Gasteiger partial charge is 0.0645 e. The molecule has 0 amide bonds. The molecule has 0 saturated carbocycles. The molecule has 5 nitrogen and oxygen atoms in total. The maximum absolute atomic E-state index is 4.27. The van der Waals surface area contributed by atoms with Crippen LogP contribution in [-0.4, -0.2) is 64.9 Å². The van der Waals surface area contributed by atoms with Crippen molar-refractivity contribution in [3.8, 4) is 5.69 Å². The van der Waals surface area contributed by atoms with Crippen molar-refractivity contribution in [2.24, 2.45) is 0 Å². The van der Waals surface area contributed by atoms with Crippen molar-refractivity contribution in [2.75, 3.05) is 39.3 Å². The zero-order valence-electron chi connectivity index (χ0n) is 13.6. The van der Waals surface area contributed by atoms with Crippen molar-refractivity contribution < 1.29 is 0 Å². The van der Waals surface area contributed by atoms with E-state index in [0.717, 1.165) is 18.3 Å². The highest BCUT2D eigenvalue weighted by Crippen LogP contribution is 2.15. The van der Waals surface area contributed by atoms with Gasteiger partial charge in [-0.15, -0.1) is 0 Å². The average Bonchev–Trinajstić information content (AvgIpc) is 3.30. The molecule has 1 atom stereocenters. The fourth-order valence-electron chi connectivity index (χ4n) is 3.67. The highest BCUT2D eigenvalue weighted by molar-refractivity contribution is 5.33. The Hall–Kier alpha value is -1.69. The van der Waals surface area contributed by atoms with E-state index in [1.165, 1.54) is 51.3 Å². The Bertz CT molecular complexity index is 593. The van der Waals surface area contributed by atoms with E-state index in [0.29, 0.717) is 0 Å². The second-order valence-corrected chi connectivity index (χ2v) is 6.58. The van der Waals surface area contributed by atoms with Gasteiger partial charge in [-0.1, -0.05) is 12.1 Å². The second-order valence-electron chi connectivity index (χ2n) is 6.58. The topological polar surface area (TPSA) is 36.3 Å². The monoisotopic (exact) mass is 311 g/mol. The maximum Gasteiger partial charge on any atom is 0.0645 e. The summed E-state index contributed by atoms with van der Waals surface area (Å²) in [4.78, 5) is 5.24. The van der Waals surface area contributed by atoms with E-state index in [2.05, 4.69) is 44.5 Å². The molecule has 0 bridgehead atoms. The summed E-state index contributed by atoms with van der Waals surface area (Å²) in [6.45, 7) is 8.18. The number of hydrogen-bond donors (Lipinski definition) is 1. The van der Waals surface area contributed by atoms with Crippen LogP contribution in [0.15, 0.2) is 42.7 Å². The number of nitrogens with zero attached hydrogens (tertiary/aromatic N) is 4. The van der Waals surface area contributed by atoms with Crippen LogP contribution < -0.4 is 5.32 Å². The van der Waals surface area contributed by atoms with Crippen molar-refractivity contribution in [1.29, 1.82) is 0 Å². The summed E-state index contributed by atoms with van der Waals surface area (Å²) in [6.07, 6.45) is 5.11. The normalized spacial score (nSPS) is 23.4. The van der Waals surface area contributed by atoms with Crippen molar-refractivity contribution in [3.05, 3.63) is 48.3 Å². The first-order valence-electron chi connectivity index (χ1n) is 8.64. The molecule has 1 N–H and O–H groups in total. The Morgan fingerprint density at radius 2 is 1.91 bits per heavy atom. The minimum Gasteiger partial charge on any atom is -0.315 e. The van der Waals surface area contributed by atoms with Gasteiger partial charge in [0.1, 0.15) is 0 Å². The fraction of sp³-hybridized carbons (Fsp3) is 0.500. The molecule has 1 aromatic carbocycles. The van der Waals surface area contributed by atoms with Crippen LogP contribution in [0.25, 0.3) is 5.69 Å². The van der Waals surface area contributed by atoms with Gasteiger partial charge < -0.3 is 5.32 Å². The molecular formula is C18H25N5. The second kappa shape index (κ2) is 6.83. The van der Waals surface area contributed by atoms with Crippen LogP contribution in [0.4, 0.5) is 0 Å². The predicted octanol–water partition coefficient (Wildman–Crippen LogP) is 1.35. The van der Waals surface area contributed by atoms with E-state index in [9.17, 15) is 0 Å². The molecule has 1 unspecified atom stereocenters. The van der Waals surface area contributed by atoms with Gasteiger partial charge in [0.25, 0.3) is 0 Å². The summed E-state index contributed by atoms with van der Waals surface area (Å²) < 4.78 is 1.90. The van der Waals surface area contributed by atoms with E-state index in [1.54, 1.807) is 0 Å². The molecule has 2 aliphatic heterocycles. The third kappa shape index (κ3) is 3.47. The van der Waals surface area contributed by atoms with Crippen molar-refractivity contribution in [1.82, 2.24) is 24.9 Å². The van der Waals surface area contributed by atoms with E-state index in [-0.39, 0.29) is 0 Å². The van der Waals surface area contributed by atoms with Gasteiger partial charge in [0.15, 0.2) is 0 Å². The molecule has 0 aliphatic carbocycles. The van der Waals surface area contributed by atoms with E-state index >= 15 is 0 Å². The summed E-state index contributed by atoms with van der Waals surface area (Å²) in [5.74, 6) is 0. The third-order valence-electron chi connectivity index (χ3n) is 5.07. The largest absolute Gasteiger partial charge is 0.315 e. The van der Waals surface area contributed by atoms with Gasteiger partial charge in [-0.05, 0) is 36.7 Å². The Kier molecular flexibility index (Phi) is 4.41. The number of rotatable bonds is 4. The predicted molar refractivity (Wildman–Crippen MR) is 91.7 cm³/mol. The number of benzene rings is 1. The van der Waals surface area contributed by atoms with Crippen LogP contribution >= 0.6 is 0 Å². The lowest BCUT2D eigenvalue weighted by Gasteiger charge is -2.37. The quantitative estimate of drug-likeness (QED) is 0.925. The molecule has 2 fully saturated rings. The van der Waals surface area contributed by atoms with Gasteiger partial charge in [0, 0.05) is 57.7 Å². The third-order valence-corrected chi connectivity index (χ3v) is 5.07. The zero-order valence-corrected chi connectivity index (χ0v) is 13.6. The SMILES string of the molecule is c1cnn(-c2ccc(CN3CCN(C4CCNC4)CC3)cc2)c1. The average molecular weight is 311 g/mol. The molecule has 0 radical (unpaired) electrons. The molecule has 5 heteroatoms.